The van der Waals surface area contributed by atoms with Gasteiger partial charge in [-0.15, -0.1) is 0 Å². The molecule has 94 valence electrons. The Bertz CT molecular complexity index is 349. The lowest BCUT2D eigenvalue weighted by molar-refractivity contribution is -0.119. The van der Waals surface area contributed by atoms with Gasteiger partial charge < -0.3 is 15.4 Å². The van der Waals surface area contributed by atoms with Gasteiger partial charge >= 0.3 is 0 Å². The average Bonchev–Trinajstić information content (AvgIpc) is 2.29. The maximum atomic E-state index is 11.0. The summed E-state index contributed by atoms with van der Waals surface area (Å²) in [6.07, 6.45) is 6.57. The zero-order valence-corrected chi connectivity index (χ0v) is 10.3. The van der Waals surface area contributed by atoms with Crippen molar-refractivity contribution in [1.29, 1.82) is 0 Å². The third-order valence-corrected chi connectivity index (χ3v) is 3.37. The molecule has 0 aromatic carbocycles. The van der Waals surface area contributed by atoms with E-state index in [-0.39, 0.29) is 12.1 Å². The van der Waals surface area contributed by atoms with Gasteiger partial charge in [0.05, 0.1) is 6.26 Å². The molecule has 17 heavy (non-hydrogen) atoms. The molecule has 1 aliphatic heterocycles. The average molecular weight is 236 g/mol. The van der Waals surface area contributed by atoms with Crippen molar-refractivity contribution >= 4 is 5.91 Å². The van der Waals surface area contributed by atoms with Crippen molar-refractivity contribution in [3.63, 3.8) is 0 Å². The van der Waals surface area contributed by atoms with E-state index in [1.807, 2.05) is 0 Å². The minimum atomic E-state index is 0.0654. The summed E-state index contributed by atoms with van der Waals surface area (Å²) in [4.78, 5) is 11.0. The lowest BCUT2D eigenvalue weighted by Crippen LogP contribution is -2.41. The van der Waals surface area contributed by atoms with E-state index < -0.39 is 0 Å². The van der Waals surface area contributed by atoms with E-state index in [0.717, 1.165) is 32.1 Å². The Morgan fingerprint density at radius 1 is 1.53 bits per heavy atom. The third kappa shape index (κ3) is 3.02. The summed E-state index contributed by atoms with van der Waals surface area (Å²) in [7, 11) is 0. The number of carbonyl (C=O) groups is 1. The van der Waals surface area contributed by atoms with Crippen LogP contribution < -0.4 is 10.6 Å². The van der Waals surface area contributed by atoms with Gasteiger partial charge in [0.25, 0.3) is 0 Å². The molecule has 1 heterocycles. The molecule has 0 radical (unpaired) electrons. The number of hydrogen-bond donors (Lipinski definition) is 2. The van der Waals surface area contributed by atoms with Crippen LogP contribution in [0, 0.1) is 0 Å². The minimum Gasteiger partial charge on any atom is -0.479 e. The number of hydrogen-bond acceptors (Lipinski definition) is 3. The van der Waals surface area contributed by atoms with Crippen molar-refractivity contribution in [3.05, 3.63) is 24.1 Å². The molecule has 2 rings (SSSR count). The van der Waals surface area contributed by atoms with Crippen LogP contribution in [0.4, 0.5) is 0 Å². The van der Waals surface area contributed by atoms with E-state index >= 15 is 0 Å². The van der Waals surface area contributed by atoms with Crippen molar-refractivity contribution in [2.75, 3.05) is 0 Å². The van der Waals surface area contributed by atoms with E-state index in [0.29, 0.717) is 6.04 Å². The fourth-order valence-electron chi connectivity index (χ4n) is 2.65. The lowest BCUT2D eigenvalue weighted by Gasteiger charge is -2.34. The molecule has 2 N–H and O–H groups in total. The van der Waals surface area contributed by atoms with Crippen molar-refractivity contribution < 1.29 is 9.53 Å². The number of ether oxygens (including phenoxy) is 1. The quantitative estimate of drug-likeness (QED) is 0.735. The third-order valence-electron chi connectivity index (χ3n) is 3.37. The topological polar surface area (TPSA) is 50.4 Å². The molecule has 0 aromatic rings. The fourth-order valence-corrected chi connectivity index (χ4v) is 2.65. The molecule has 0 saturated carbocycles. The SMILES string of the molecule is C=COC1CCC2=C(CCC(NC(C)=O)C2)N1. The standard InChI is InChI=1S/C13H20N2O2/c1-3-17-13-7-4-10-8-11(14-9(2)16)5-6-12(10)15-13/h3,11,13,15H,1,4-8H2,2H3,(H,14,16). The number of allylic oxidation sites excluding steroid dienone is 1. The lowest BCUT2D eigenvalue weighted by atomic mass is 9.87. The van der Waals surface area contributed by atoms with Crippen LogP contribution in [-0.2, 0) is 9.53 Å². The maximum absolute atomic E-state index is 11.0. The van der Waals surface area contributed by atoms with Gasteiger partial charge in [-0.3, -0.25) is 4.79 Å². The predicted molar refractivity (Wildman–Crippen MR) is 65.9 cm³/mol. The van der Waals surface area contributed by atoms with Crippen LogP contribution in [0.5, 0.6) is 0 Å². The molecule has 2 aliphatic rings. The Morgan fingerprint density at radius 2 is 2.35 bits per heavy atom. The normalized spacial score (nSPS) is 27.8. The van der Waals surface area contributed by atoms with Crippen molar-refractivity contribution in [2.24, 2.45) is 0 Å². The predicted octanol–water partition coefficient (Wildman–Crippen LogP) is 1.80. The van der Waals surface area contributed by atoms with Gasteiger partial charge in [-0.05, 0) is 31.3 Å². The number of nitrogens with one attached hydrogen (secondary N) is 2. The monoisotopic (exact) mass is 236 g/mol. The molecule has 2 atom stereocenters. The second kappa shape index (κ2) is 5.25. The first kappa shape index (κ1) is 12.0. The summed E-state index contributed by atoms with van der Waals surface area (Å²) in [5, 5.41) is 6.41. The van der Waals surface area contributed by atoms with E-state index in [1.54, 1.807) is 6.92 Å². The summed E-state index contributed by atoms with van der Waals surface area (Å²) in [5.41, 5.74) is 2.75. The van der Waals surface area contributed by atoms with Crippen LogP contribution in [-0.4, -0.2) is 18.2 Å². The molecule has 0 fully saturated rings. The Hall–Kier alpha value is -1.45. The zero-order valence-electron chi connectivity index (χ0n) is 10.3. The first-order valence-electron chi connectivity index (χ1n) is 6.20. The Morgan fingerprint density at radius 3 is 3.06 bits per heavy atom. The van der Waals surface area contributed by atoms with E-state index in [2.05, 4.69) is 17.2 Å². The molecule has 4 nitrogen and oxygen atoms in total. The second-order valence-electron chi connectivity index (χ2n) is 4.70. The first-order valence-corrected chi connectivity index (χ1v) is 6.20. The zero-order chi connectivity index (χ0) is 12.3. The molecule has 4 heteroatoms. The largest absolute Gasteiger partial charge is 0.479 e. The van der Waals surface area contributed by atoms with Crippen LogP contribution in [0.25, 0.3) is 0 Å². The van der Waals surface area contributed by atoms with Gasteiger partial charge in [0.2, 0.25) is 5.91 Å². The van der Waals surface area contributed by atoms with Gasteiger partial charge in [-0.1, -0.05) is 6.58 Å². The van der Waals surface area contributed by atoms with Crippen molar-refractivity contribution in [1.82, 2.24) is 10.6 Å². The van der Waals surface area contributed by atoms with Gasteiger partial charge in [-0.25, -0.2) is 0 Å². The smallest absolute Gasteiger partial charge is 0.217 e. The Kier molecular flexibility index (Phi) is 3.71. The molecule has 0 saturated heterocycles. The highest BCUT2D eigenvalue weighted by molar-refractivity contribution is 5.73. The maximum Gasteiger partial charge on any atom is 0.217 e. The molecular formula is C13H20N2O2. The molecule has 1 amide bonds. The summed E-state index contributed by atoms with van der Waals surface area (Å²) in [6.45, 7) is 5.16. The highest BCUT2D eigenvalue weighted by atomic mass is 16.5. The number of rotatable bonds is 3. The summed E-state index contributed by atoms with van der Waals surface area (Å²) in [6, 6.07) is 0.310. The Labute approximate surface area is 102 Å². The molecule has 0 spiro atoms. The fraction of sp³-hybridized carbons (Fsp3) is 0.615. The molecule has 1 aliphatic carbocycles. The van der Waals surface area contributed by atoms with Gasteiger partial charge in [0, 0.05) is 25.1 Å². The van der Waals surface area contributed by atoms with E-state index in [1.165, 1.54) is 17.5 Å². The summed E-state index contributed by atoms with van der Waals surface area (Å²) in [5.74, 6) is 0.0654. The highest BCUT2D eigenvalue weighted by Crippen LogP contribution is 2.31. The van der Waals surface area contributed by atoms with Gasteiger partial charge in [0.1, 0.15) is 0 Å². The van der Waals surface area contributed by atoms with E-state index in [4.69, 9.17) is 4.74 Å². The molecule has 2 unspecified atom stereocenters. The van der Waals surface area contributed by atoms with Crippen LogP contribution in [0.15, 0.2) is 24.1 Å². The Balaban J connectivity index is 1.94. The van der Waals surface area contributed by atoms with E-state index in [9.17, 15) is 4.79 Å². The van der Waals surface area contributed by atoms with Crippen LogP contribution >= 0.6 is 0 Å². The summed E-state index contributed by atoms with van der Waals surface area (Å²) >= 11 is 0. The first-order chi connectivity index (χ1) is 8.19. The van der Waals surface area contributed by atoms with Crippen LogP contribution in [0.2, 0.25) is 0 Å². The van der Waals surface area contributed by atoms with Crippen LogP contribution in [0.1, 0.15) is 39.0 Å². The number of carbonyl (C=O) groups excluding carboxylic acids is 1. The summed E-state index contributed by atoms with van der Waals surface area (Å²) < 4.78 is 5.37. The molecule has 0 bridgehead atoms. The highest BCUT2D eigenvalue weighted by Gasteiger charge is 2.27. The van der Waals surface area contributed by atoms with Crippen molar-refractivity contribution in [3.8, 4) is 0 Å². The van der Waals surface area contributed by atoms with Gasteiger partial charge in [0.15, 0.2) is 6.23 Å². The van der Waals surface area contributed by atoms with Gasteiger partial charge in [-0.2, -0.15) is 0 Å². The minimum absolute atomic E-state index is 0.0654. The molecule has 0 aromatic heterocycles. The number of amides is 1. The van der Waals surface area contributed by atoms with Crippen molar-refractivity contribution in [2.45, 2.75) is 51.3 Å². The molecular weight excluding hydrogens is 216 g/mol. The van der Waals surface area contributed by atoms with Crippen LogP contribution in [0.3, 0.4) is 0 Å². The second-order valence-corrected chi connectivity index (χ2v) is 4.70.